The molecule has 2 amide bonds. The van der Waals surface area contributed by atoms with Crippen molar-refractivity contribution in [2.75, 3.05) is 6.61 Å². The fourth-order valence-corrected chi connectivity index (χ4v) is 1.66. The highest BCUT2D eigenvalue weighted by atomic mass is 19.4. The number of primary amides is 1. The van der Waals surface area contributed by atoms with Crippen molar-refractivity contribution in [2.24, 2.45) is 5.73 Å². The maximum absolute atomic E-state index is 12.4. The van der Waals surface area contributed by atoms with E-state index in [0.29, 0.717) is 0 Å². The second-order valence-electron chi connectivity index (χ2n) is 4.51. The zero-order valence-electron chi connectivity index (χ0n) is 12.1. The molecule has 23 heavy (non-hydrogen) atoms. The normalized spacial score (nSPS) is 12.3. The fourth-order valence-electron chi connectivity index (χ4n) is 1.66. The molecule has 0 fully saturated rings. The number of amides is 2. The summed E-state index contributed by atoms with van der Waals surface area (Å²) in [5.74, 6) is -2.52. The van der Waals surface area contributed by atoms with E-state index < -0.39 is 42.0 Å². The molecule has 0 aliphatic heterocycles. The topological polar surface area (TPSA) is 98.5 Å². The minimum absolute atomic E-state index is 0.0944. The van der Waals surface area contributed by atoms with Gasteiger partial charge in [-0.2, -0.15) is 13.2 Å². The highest BCUT2D eigenvalue weighted by molar-refractivity contribution is 5.98. The first-order valence-electron chi connectivity index (χ1n) is 6.58. The van der Waals surface area contributed by atoms with E-state index in [2.05, 4.69) is 10.1 Å². The lowest BCUT2D eigenvalue weighted by atomic mass is 10.1. The molecule has 9 heteroatoms. The summed E-state index contributed by atoms with van der Waals surface area (Å²) in [7, 11) is 0. The van der Waals surface area contributed by atoms with Gasteiger partial charge in [-0.1, -0.05) is 0 Å². The smallest absolute Gasteiger partial charge is 0.416 e. The van der Waals surface area contributed by atoms with Crippen LogP contribution in [0.15, 0.2) is 24.3 Å². The minimum atomic E-state index is -4.52. The third-order valence-corrected chi connectivity index (χ3v) is 2.80. The van der Waals surface area contributed by atoms with Gasteiger partial charge < -0.3 is 15.8 Å². The maximum Gasteiger partial charge on any atom is 0.416 e. The van der Waals surface area contributed by atoms with E-state index >= 15 is 0 Å². The number of alkyl halides is 3. The number of nitrogens with two attached hydrogens (primary N) is 1. The lowest BCUT2D eigenvalue weighted by Gasteiger charge is -2.15. The Morgan fingerprint density at radius 3 is 2.22 bits per heavy atom. The molecule has 3 N–H and O–H groups in total. The Bertz CT molecular complexity index is 585. The molecule has 0 saturated carbocycles. The lowest BCUT2D eigenvalue weighted by Crippen LogP contribution is -2.45. The molecular weight excluding hydrogens is 317 g/mol. The number of hydrogen-bond donors (Lipinski definition) is 2. The first-order chi connectivity index (χ1) is 10.6. The number of hydrogen-bond acceptors (Lipinski definition) is 4. The van der Waals surface area contributed by atoms with Crippen molar-refractivity contribution in [1.82, 2.24) is 5.32 Å². The van der Waals surface area contributed by atoms with Gasteiger partial charge in [-0.3, -0.25) is 14.4 Å². The molecule has 1 rings (SSSR count). The predicted molar refractivity (Wildman–Crippen MR) is 73.1 cm³/mol. The van der Waals surface area contributed by atoms with Crippen LogP contribution in [0.3, 0.4) is 0 Å². The van der Waals surface area contributed by atoms with Crippen LogP contribution in [0.4, 0.5) is 13.2 Å². The van der Waals surface area contributed by atoms with Crippen molar-refractivity contribution in [3.05, 3.63) is 35.4 Å². The number of rotatable bonds is 6. The van der Waals surface area contributed by atoms with Crippen molar-refractivity contribution in [3.63, 3.8) is 0 Å². The van der Waals surface area contributed by atoms with Crippen LogP contribution in [0.2, 0.25) is 0 Å². The molecule has 1 aromatic rings. The quantitative estimate of drug-likeness (QED) is 0.766. The van der Waals surface area contributed by atoms with Gasteiger partial charge in [0, 0.05) is 5.56 Å². The number of halogens is 3. The first kappa shape index (κ1) is 18.5. The number of ether oxygens (including phenoxy) is 1. The molecule has 126 valence electrons. The van der Waals surface area contributed by atoms with Crippen molar-refractivity contribution >= 4 is 17.8 Å². The Balaban J connectivity index is 2.79. The van der Waals surface area contributed by atoms with Crippen LogP contribution in [-0.4, -0.2) is 30.4 Å². The van der Waals surface area contributed by atoms with E-state index in [4.69, 9.17) is 5.73 Å². The van der Waals surface area contributed by atoms with E-state index in [1.807, 2.05) is 0 Å². The molecule has 0 aliphatic rings. The van der Waals surface area contributed by atoms with Crippen molar-refractivity contribution in [1.29, 1.82) is 0 Å². The van der Waals surface area contributed by atoms with Gasteiger partial charge in [0.1, 0.15) is 6.04 Å². The monoisotopic (exact) mass is 332 g/mol. The number of benzene rings is 1. The third kappa shape index (κ3) is 5.61. The molecule has 1 atom stereocenters. The lowest BCUT2D eigenvalue weighted by molar-refractivity contribution is -0.145. The average molecular weight is 332 g/mol. The molecule has 0 spiro atoms. The highest BCUT2D eigenvalue weighted by Gasteiger charge is 2.30. The van der Waals surface area contributed by atoms with Gasteiger partial charge in [0.2, 0.25) is 5.91 Å². The molecule has 0 aliphatic carbocycles. The van der Waals surface area contributed by atoms with Crippen LogP contribution >= 0.6 is 0 Å². The standard InChI is InChI=1S/C14H15F3N2O4/c1-2-23-11(20)7-10(12(18)21)19-13(22)8-3-5-9(6-4-8)14(15,16)17/h3-6,10H,2,7H2,1H3,(H2,18,21)(H,19,22)/t10-/m0/s1. The van der Waals surface area contributed by atoms with Gasteiger partial charge in [-0.05, 0) is 31.2 Å². The molecule has 6 nitrogen and oxygen atoms in total. The summed E-state index contributed by atoms with van der Waals surface area (Å²) in [6, 6.07) is 2.07. The van der Waals surface area contributed by atoms with Crippen LogP contribution < -0.4 is 11.1 Å². The summed E-state index contributed by atoms with van der Waals surface area (Å²) in [6.45, 7) is 1.66. The van der Waals surface area contributed by atoms with Crippen LogP contribution in [0, 0.1) is 0 Å². The molecule has 0 saturated heterocycles. The maximum atomic E-state index is 12.4. The summed E-state index contributed by atoms with van der Waals surface area (Å²) in [4.78, 5) is 34.5. The van der Waals surface area contributed by atoms with Crippen molar-refractivity contribution < 1.29 is 32.3 Å². The number of esters is 1. The second kappa shape index (κ2) is 7.61. The molecular formula is C14H15F3N2O4. The Morgan fingerprint density at radius 2 is 1.78 bits per heavy atom. The molecule has 0 aromatic heterocycles. The largest absolute Gasteiger partial charge is 0.466 e. The third-order valence-electron chi connectivity index (χ3n) is 2.80. The van der Waals surface area contributed by atoms with Gasteiger partial charge in [-0.15, -0.1) is 0 Å². The zero-order chi connectivity index (χ0) is 17.6. The number of carbonyl (C=O) groups is 3. The summed E-state index contributed by atoms with van der Waals surface area (Å²) in [5, 5.41) is 2.18. The molecule has 1 aromatic carbocycles. The summed E-state index contributed by atoms with van der Waals surface area (Å²) in [5.41, 5.74) is 4.06. The summed E-state index contributed by atoms with van der Waals surface area (Å²) in [6.07, 6.45) is -4.98. The van der Waals surface area contributed by atoms with Gasteiger partial charge in [0.25, 0.3) is 5.91 Å². The van der Waals surface area contributed by atoms with Crippen LogP contribution in [0.1, 0.15) is 29.3 Å². The Hall–Kier alpha value is -2.58. The van der Waals surface area contributed by atoms with E-state index in [1.54, 1.807) is 6.92 Å². The summed E-state index contributed by atoms with van der Waals surface area (Å²) >= 11 is 0. The molecule has 0 radical (unpaired) electrons. The first-order valence-corrected chi connectivity index (χ1v) is 6.58. The molecule has 0 bridgehead atoms. The fraction of sp³-hybridized carbons (Fsp3) is 0.357. The van der Waals surface area contributed by atoms with E-state index in [1.165, 1.54) is 0 Å². The molecule has 0 heterocycles. The zero-order valence-corrected chi connectivity index (χ0v) is 12.1. The summed E-state index contributed by atoms with van der Waals surface area (Å²) < 4.78 is 42.0. The Labute approximate surface area is 129 Å². The Kier molecular flexibility index (Phi) is 6.11. The van der Waals surface area contributed by atoms with Gasteiger partial charge >= 0.3 is 12.1 Å². The highest BCUT2D eigenvalue weighted by Crippen LogP contribution is 2.29. The van der Waals surface area contributed by atoms with E-state index in [9.17, 15) is 27.6 Å². The van der Waals surface area contributed by atoms with Gasteiger partial charge in [-0.25, -0.2) is 0 Å². The number of carbonyl (C=O) groups excluding carboxylic acids is 3. The SMILES string of the molecule is CCOC(=O)C[C@H](NC(=O)c1ccc(C(F)(F)F)cc1)C(N)=O. The number of nitrogens with one attached hydrogen (secondary N) is 1. The molecule has 0 unspecified atom stereocenters. The van der Waals surface area contributed by atoms with E-state index in [0.717, 1.165) is 24.3 Å². The minimum Gasteiger partial charge on any atom is -0.466 e. The van der Waals surface area contributed by atoms with Crippen LogP contribution in [-0.2, 0) is 20.5 Å². The van der Waals surface area contributed by atoms with Crippen molar-refractivity contribution in [3.8, 4) is 0 Å². The van der Waals surface area contributed by atoms with Gasteiger partial charge in [0.15, 0.2) is 0 Å². The van der Waals surface area contributed by atoms with Gasteiger partial charge in [0.05, 0.1) is 18.6 Å². The van der Waals surface area contributed by atoms with Crippen molar-refractivity contribution in [2.45, 2.75) is 25.6 Å². The average Bonchev–Trinajstić information content (AvgIpc) is 2.45. The predicted octanol–water partition coefficient (Wildman–Crippen LogP) is 1.24. The van der Waals surface area contributed by atoms with Crippen LogP contribution in [0.5, 0.6) is 0 Å². The second-order valence-corrected chi connectivity index (χ2v) is 4.51. The Morgan fingerprint density at radius 1 is 1.22 bits per heavy atom. The van der Waals surface area contributed by atoms with Crippen LogP contribution in [0.25, 0.3) is 0 Å². The van der Waals surface area contributed by atoms with E-state index in [-0.39, 0.29) is 12.2 Å².